The van der Waals surface area contributed by atoms with Gasteiger partial charge in [-0.25, -0.2) is 15.1 Å². The third kappa shape index (κ3) is 3.77. The van der Waals surface area contributed by atoms with Crippen molar-refractivity contribution in [2.75, 3.05) is 5.43 Å². The Bertz CT molecular complexity index is 1370. The van der Waals surface area contributed by atoms with E-state index in [1.807, 2.05) is 31.2 Å². The molecule has 9 heteroatoms. The van der Waals surface area contributed by atoms with E-state index in [4.69, 9.17) is 0 Å². The minimum atomic E-state index is -0.284. The number of benzene rings is 2. The standard InChI is InChI=1S/C20H17BrN6O2/c1-11-4-3-5-14(8-11)27-19(29)16(12(2)26-27)10-22-25-20-23-17-7-6-13(21)9-15(17)18(28)24-20/h3-10,26H,1-2H3,(H2,23,24,25,28)/b22-10+. The smallest absolute Gasteiger partial charge is 0.280 e. The molecule has 0 aliphatic rings. The average Bonchev–Trinajstić information content (AvgIpc) is 2.97. The summed E-state index contributed by atoms with van der Waals surface area (Å²) in [6, 6.07) is 12.9. The molecule has 29 heavy (non-hydrogen) atoms. The normalized spacial score (nSPS) is 11.4. The SMILES string of the molecule is Cc1cccc(-n2[nH]c(C)c(/C=N/Nc3nc4ccc(Br)cc4c(=O)[nH]3)c2=O)c1. The van der Waals surface area contributed by atoms with Crippen molar-refractivity contribution in [3.63, 3.8) is 0 Å². The first-order chi connectivity index (χ1) is 13.9. The molecule has 146 valence electrons. The van der Waals surface area contributed by atoms with Gasteiger partial charge in [0.15, 0.2) is 0 Å². The Balaban J connectivity index is 1.62. The summed E-state index contributed by atoms with van der Waals surface area (Å²) in [4.78, 5) is 31.9. The van der Waals surface area contributed by atoms with Crippen molar-refractivity contribution in [1.82, 2.24) is 19.7 Å². The van der Waals surface area contributed by atoms with E-state index >= 15 is 0 Å². The predicted molar refractivity (Wildman–Crippen MR) is 117 cm³/mol. The molecular weight excluding hydrogens is 436 g/mol. The molecule has 0 amide bonds. The summed E-state index contributed by atoms with van der Waals surface area (Å²) in [5.74, 6) is 0.188. The van der Waals surface area contributed by atoms with E-state index in [0.717, 1.165) is 15.7 Å². The van der Waals surface area contributed by atoms with Crippen molar-refractivity contribution in [2.45, 2.75) is 13.8 Å². The van der Waals surface area contributed by atoms with Gasteiger partial charge in [0.2, 0.25) is 5.95 Å². The Hall–Kier alpha value is -3.46. The summed E-state index contributed by atoms with van der Waals surface area (Å²) in [6.07, 6.45) is 1.41. The Morgan fingerprint density at radius 3 is 2.79 bits per heavy atom. The van der Waals surface area contributed by atoms with Gasteiger partial charge in [-0.3, -0.25) is 19.7 Å². The lowest BCUT2D eigenvalue weighted by Crippen LogP contribution is -2.17. The van der Waals surface area contributed by atoms with Crippen molar-refractivity contribution in [2.24, 2.45) is 5.10 Å². The van der Waals surface area contributed by atoms with Gasteiger partial charge in [-0.2, -0.15) is 5.10 Å². The van der Waals surface area contributed by atoms with Gasteiger partial charge < -0.3 is 0 Å². The molecule has 0 aliphatic carbocycles. The number of rotatable bonds is 4. The van der Waals surface area contributed by atoms with E-state index < -0.39 is 0 Å². The summed E-state index contributed by atoms with van der Waals surface area (Å²) >= 11 is 3.33. The molecule has 2 heterocycles. The van der Waals surface area contributed by atoms with Crippen LogP contribution in [-0.2, 0) is 0 Å². The van der Waals surface area contributed by atoms with Gasteiger partial charge in [-0.1, -0.05) is 28.1 Å². The van der Waals surface area contributed by atoms with Gasteiger partial charge in [0.1, 0.15) is 0 Å². The number of halogens is 1. The Morgan fingerprint density at radius 1 is 1.17 bits per heavy atom. The van der Waals surface area contributed by atoms with E-state index in [-0.39, 0.29) is 17.1 Å². The van der Waals surface area contributed by atoms with Crippen LogP contribution in [0.4, 0.5) is 5.95 Å². The van der Waals surface area contributed by atoms with E-state index in [0.29, 0.717) is 22.2 Å². The lowest BCUT2D eigenvalue weighted by Gasteiger charge is -2.02. The van der Waals surface area contributed by atoms with Crippen LogP contribution in [0, 0.1) is 13.8 Å². The molecule has 0 bridgehead atoms. The Labute approximate surface area is 173 Å². The number of aromatic nitrogens is 4. The summed E-state index contributed by atoms with van der Waals surface area (Å²) in [5.41, 5.74) is 5.60. The van der Waals surface area contributed by atoms with Crippen LogP contribution >= 0.6 is 15.9 Å². The number of hydrogen-bond donors (Lipinski definition) is 3. The number of hydrogen-bond acceptors (Lipinski definition) is 5. The van der Waals surface area contributed by atoms with E-state index in [9.17, 15) is 9.59 Å². The van der Waals surface area contributed by atoms with Gasteiger partial charge in [-0.15, -0.1) is 0 Å². The van der Waals surface area contributed by atoms with Crippen molar-refractivity contribution in [1.29, 1.82) is 0 Å². The number of hydrazone groups is 1. The monoisotopic (exact) mass is 452 g/mol. The second-order valence-corrected chi connectivity index (χ2v) is 7.49. The molecule has 0 saturated heterocycles. The molecular formula is C20H17BrN6O2. The third-order valence-corrected chi connectivity index (χ3v) is 4.90. The summed E-state index contributed by atoms with van der Waals surface area (Å²) in [7, 11) is 0. The predicted octanol–water partition coefficient (Wildman–Crippen LogP) is 3.23. The van der Waals surface area contributed by atoms with Gasteiger partial charge in [0.25, 0.3) is 11.1 Å². The van der Waals surface area contributed by atoms with E-state index in [1.165, 1.54) is 10.9 Å². The van der Waals surface area contributed by atoms with Crippen LogP contribution in [0.15, 0.2) is 61.6 Å². The third-order valence-electron chi connectivity index (χ3n) is 4.41. The Morgan fingerprint density at radius 2 is 2.00 bits per heavy atom. The summed E-state index contributed by atoms with van der Waals surface area (Å²) in [6.45, 7) is 3.76. The molecule has 0 radical (unpaired) electrons. The maximum atomic E-state index is 12.7. The zero-order valence-corrected chi connectivity index (χ0v) is 17.2. The molecule has 0 fully saturated rings. The average molecular weight is 453 g/mol. The highest BCUT2D eigenvalue weighted by Gasteiger charge is 2.11. The first-order valence-corrected chi connectivity index (χ1v) is 9.59. The van der Waals surface area contributed by atoms with Crippen LogP contribution < -0.4 is 16.5 Å². The van der Waals surface area contributed by atoms with Gasteiger partial charge in [0, 0.05) is 10.2 Å². The molecule has 8 nitrogen and oxygen atoms in total. The number of nitrogens with zero attached hydrogens (tertiary/aromatic N) is 3. The topological polar surface area (TPSA) is 108 Å². The first-order valence-electron chi connectivity index (χ1n) is 8.80. The molecule has 0 aliphatic heterocycles. The lowest BCUT2D eigenvalue weighted by atomic mass is 10.2. The highest BCUT2D eigenvalue weighted by molar-refractivity contribution is 9.10. The number of H-pyrrole nitrogens is 2. The molecule has 0 unspecified atom stereocenters. The van der Waals surface area contributed by atoms with Crippen molar-refractivity contribution in [3.8, 4) is 5.69 Å². The quantitative estimate of drug-likeness (QED) is 0.326. The van der Waals surface area contributed by atoms with Crippen LogP contribution in [0.1, 0.15) is 16.8 Å². The second kappa shape index (κ2) is 7.51. The fraction of sp³-hybridized carbons (Fsp3) is 0.100. The van der Waals surface area contributed by atoms with Crippen LogP contribution in [0.2, 0.25) is 0 Å². The number of nitrogens with one attached hydrogen (secondary N) is 3. The fourth-order valence-electron chi connectivity index (χ4n) is 2.98. The minimum absolute atomic E-state index is 0.188. The zero-order chi connectivity index (χ0) is 20.5. The highest BCUT2D eigenvalue weighted by Crippen LogP contribution is 2.16. The molecule has 3 N–H and O–H groups in total. The molecule has 4 aromatic rings. The second-order valence-electron chi connectivity index (χ2n) is 6.58. The van der Waals surface area contributed by atoms with E-state index in [1.54, 1.807) is 25.1 Å². The lowest BCUT2D eigenvalue weighted by molar-refractivity contribution is 0.834. The van der Waals surface area contributed by atoms with Crippen molar-refractivity contribution < 1.29 is 0 Å². The summed E-state index contributed by atoms with van der Waals surface area (Å²) < 4.78 is 2.27. The maximum Gasteiger partial charge on any atom is 0.280 e. The minimum Gasteiger partial charge on any atom is -0.295 e. The van der Waals surface area contributed by atoms with Crippen LogP contribution in [0.25, 0.3) is 16.6 Å². The largest absolute Gasteiger partial charge is 0.295 e. The molecule has 0 saturated carbocycles. The van der Waals surface area contributed by atoms with Gasteiger partial charge >= 0.3 is 0 Å². The summed E-state index contributed by atoms with van der Waals surface area (Å²) in [5, 5.41) is 7.59. The fourth-order valence-corrected chi connectivity index (χ4v) is 3.34. The maximum absolute atomic E-state index is 12.7. The number of fused-ring (bicyclic) bond motifs is 1. The van der Waals surface area contributed by atoms with Gasteiger partial charge in [-0.05, 0) is 49.7 Å². The zero-order valence-electron chi connectivity index (χ0n) is 15.7. The first kappa shape index (κ1) is 18.9. The van der Waals surface area contributed by atoms with E-state index in [2.05, 4.69) is 41.5 Å². The Kier molecular flexibility index (Phi) is 4.89. The van der Waals surface area contributed by atoms with Crippen LogP contribution in [-0.4, -0.2) is 26.0 Å². The number of aromatic amines is 2. The van der Waals surface area contributed by atoms with Crippen LogP contribution in [0.3, 0.4) is 0 Å². The van der Waals surface area contributed by atoms with Crippen LogP contribution in [0.5, 0.6) is 0 Å². The van der Waals surface area contributed by atoms with Gasteiger partial charge in [0.05, 0.1) is 28.4 Å². The molecule has 0 spiro atoms. The van der Waals surface area contributed by atoms with Crippen molar-refractivity contribution >= 4 is 39.0 Å². The van der Waals surface area contributed by atoms with Crippen molar-refractivity contribution in [3.05, 3.63) is 84.5 Å². The molecule has 0 atom stereocenters. The highest BCUT2D eigenvalue weighted by atomic mass is 79.9. The number of anilines is 1. The molecule has 2 aromatic carbocycles. The molecule has 2 aromatic heterocycles. The molecule has 4 rings (SSSR count). The number of aryl methyl sites for hydroxylation is 2.